The molecule has 2 atom stereocenters. The molecule has 4 heteroatoms. The Bertz CT molecular complexity index is 471. The van der Waals surface area contributed by atoms with Gasteiger partial charge in [-0.15, -0.1) is 0 Å². The predicted molar refractivity (Wildman–Crippen MR) is 66.3 cm³/mol. The Kier molecular flexibility index (Phi) is 2.70. The number of hydrogen-bond donors (Lipinski definition) is 0. The number of anilines is 1. The van der Waals surface area contributed by atoms with Gasteiger partial charge in [-0.25, -0.2) is 0 Å². The van der Waals surface area contributed by atoms with Crippen LogP contribution < -0.4 is 4.90 Å². The van der Waals surface area contributed by atoms with Crippen molar-refractivity contribution in [3.8, 4) is 6.07 Å². The molecule has 1 aromatic carbocycles. The second kappa shape index (κ2) is 4.21. The van der Waals surface area contributed by atoms with E-state index in [0.717, 1.165) is 31.6 Å². The van der Waals surface area contributed by atoms with E-state index in [1.807, 2.05) is 6.07 Å². The summed E-state index contributed by atoms with van der Waals surface area (Å²) >= 11 is 6.01. The van der Waals surface area contributed by atoms with Gasteiger partial charge in [0.25, 0.3) is 0 Å². The average molecular weight is 249 g/mol. The number of nitrogens with zero attached hydrogens (tertiary/aromatic N) is 2. The summed E-state index contributed by atoms with van der Waals surface area (Å²) in [5, 5.41) is 9.81. The molecule has 0 amide bonds. The molecule has 2 saturated heterocycles. The fourth-order valence-corrected chi connectivity index (χ4v) is 2.84. The topological polar surface area (TPSA) is 36.3 Å². The van der Waals surface area contributed by atoms with Gasteiger partial charge in [-0.3, -0.25) is 0 Å². The molecule has 3 nitrogen and oxygen atoms in total. The highest BCUT2D eigenvalue weighted by Gasteiger charge is 2.34. The second-order valence-corrected chi connectivity index (χ2v) is 5.07. The third-order valence-corrected chi connectivity index (χ3v) is 3.70. The first-order chi connectivity index (χ1) is 8.26. The molecule has 2 unspecified atom stereocenters. The van der Waals surface area contributed by atoms with Crippen LogP contribution in [0.2, 0.25) is 5.02 Å². The average Bonchev–Trinajstić information content (AvgIpc) is 2.68. The zero-order valence-corrected chi connectivity index (χ0v) is 10.2. The highest BCUT2D eigenvalue weighted by molar-refractivity contribution is 6.30. The molecule has 0 aromatic heterocycles. The number of benzene rings is 1. The lowest BCUT2D eigenvalue weighted by Crippen LogP contribution is -2.42. The van der Waals surface area contributed by atoms with Crippen molar-refractivity contribution in [1.82, 2.24) is 0 Å². The molecule has 2 aliphatic rings. The van der Waals surface area contributed by atoms with Gasteiger partial charge in [0.2, 0.25) is 0 Å². The van der Waals surface area contributed by atoms with E-state index in [1.165, 1.54) is 0 Å². The second-order valence-electron chi connectivity index (χ2n) is 4.64. The number of fused-ring (bicyclic) bond motifs is 2. The zero-order chi connectivity index (χ0) is 11.8. The minimum absolute atomic E-state index is 0.319. The van der Waals surface area contributed by atoms with E-state index in [0.29, 0.717) is 22.8 Å². The maximum Gasteiger partial charge on any atom is 0.101 e. The van der Waals surface area contributed by atoms with Crippen molar-refractivity contribution < 1.29 is 4.74 Å². The Morgan fingerprint density at radius 2 is 2.00 bits per heavy atom. The standard InChI is InChI=1S/C13H13ClN2O/c14-10-2-1-9(6-15)13(5-10)16-7-11-3-4-12(8-16)17-11/h1-2,5,11-12H,3-4,7-8H2. The minimum Gasteiger partial charge on any atom is -0.371 e. The summed E-state index contributed by atoms with van der Waals surface area (Å²) in [5.41, 5.74) is 1.64. The van der Waals surface area contributed by atoms with Crippen LogP contribution in [0.1, 0.15) is 18.4 Å². The van der Waals surface area contributed by atoms with Gasteiger partial charge in [-0.1, -0.05) is 11.6 Å². The van der Waals surface area contributed by atoms with Crippen molar-refractivity contribution in [3.63, 3.8) is 0 Å². The van der Waals surface area contributed by atoms with Gasteiger partial charge in [0.1, 0.15) is 6.07 Å². The first-order valence-electron chi connectivity index (χ1n) is 5.86. The molecule has 0 radical (unpaired) electrons. The molecule has 3 rings (SSSR count). The maximum atomic E-state index is 9.14. The quantitative estimate of drug-likeness (QED) is 0.767. The summed E-state index contributed by atoms with van der Waals surface area (Å²) in [6, 6.07) is 7.66. The van der Waals surface area contributed by atoms with Crippen molar-refractivity contribution in [2.75, 3.05) is 18.0 Å². The lowest BCUT2D eigenvalue weighted by atomic mass is 10.1. The lowest BCUT2D eigenvalue weighted by Gasteiger charge is -2.34. The van der Waals surface area contributed by atoms with Crippen LogP contribution in [-0.4, -0.2) is 25.3 Å². The molecule has 2 heterocycles. The number of hydrogen-bond acceptors (Lipinski definition) is 3. The largest absolute Gasteiger partial charge is 0.371 e. The van der Waals surface area contributed by atoms with E-state index >= 15 is 0 Å². The van der Waals surface area contributed by atoms with Gasteiger partial charge in [0, 0.05) is 18.1 Å². The van der Waals surface area contributed by atoms with Crippen molar-refractivity contribution in [2.24, 2.45) is 0 Å². The van der Waals surface area contributed by atoms with Gasteiger partial charge in [-0.2, -0.15) is 5.26 Å². The Balaban J connectivity index is 1.93. The van der Waals surface area contributed by atoms with E-state index in [2.05, 4.69) is 11.0 Å². The van der Waals surface area contributed by atoms with Crippen LogP contribution in [0.3, 0.4) is 0 Å². The predicted octanol–water partition coefficient (Wildman–Crippen LogP) is 2.58. The van der Waals surface area contributed by atoms with Gasteiger partial charge in [0.05, 0.1) is 23.5 Å². The summed E-state index contributed by atoms with van der Waals surface area (Å²) in [5.74, 6) is 0. The van der Waals surface area contributed by atoms with Gasteiger partial charge >= 0.3 is 0 Å². The molecular weight excluding hydrogens is 236 g/mol. The van der Waals surface area contributed by atoms with Crippen LogP contribution in [0.15, 0.2) is 18.2 Å². The Morgan fingerprint density at radius 3 is 2.65 bits per heavy atom. The normalized spacial score (nSPS) is 26.9. The van der Waals surface area contributed by atoms with Crippen LogP contribution in [0.4, 0.5) is 5.69 Å². The molecule has 2 fully saturated rings. The molecule has 1 aromatic rings. The first-order valence-corrected chi connectivity index (χ1v) is 6.24. The van der Waals surface area contributed by atoms with Crippen LogP contribution in [0.5, 0.6) is 0 Å². The van der Waals surface area contributed by atoms with Gasteiger partial charge in [-0.05, 0) is 31.0 Å². The van der Waals surface area contributed by atoms with Crippen molar-refractivity contribution in [1.29, 1.82) is 5.26 Å². The summed E-state index contributed by atoms with van der Waals surface area (Å²) in [4.78, 5) is 2.23. The summed E-state index contributed by atoms with van der Waals surface area (Å²) < 4.78 is 5.80. The first kappa shape index (κ1) is 10.9. The molecule has 0 saturated carbocycles. The number of halogens is 1. The minimum atomic E-state index is 0.319. The van der Waals surface area contributed by atoms with Crippen LogP contribution in [0, 0.1) is 11.3 Å². The van der Waals surface area contributed by atoms with E-state index < -0.39 is 0 Å². The molecule has 0 aliphatic carbocycles. The van der Waals surface area contributed by atoms with Crippen molar-refractivity contribution in [2.45, 2.75) is 25.0 Å². The highest BCUT2D eigenvalue weighted by atomic mass is 35.5. The molecule has 2 aliphatic heterocycles. The molecule has 0 N–H and O–H groups in total. The number of morpholine rings is 1. The van der Waals surface area contributed by atoms with Gasteiger partial charge < -0.3 is 9.64 Å². The fraction of sp³-hybridized carbons (Fsp3) is 0.462. The van der Waals surface area contributed by atoms with E-state index in [9.17, 15) is 0 Å². The van der Waals surface area contributed by atoms with Crippen LogP contribution in [-0.2, 0) is 4.74 Å². The third kappa shape index (κ3) is 1.99. The fourth-order valence-electron chi connectivity index (χ4n) is 2.67. The molecular formula is C13H13ClN2O. The summed E-state index contributed by atoms with van der Waals surface area (Å²) in [6.45, 7) is 1.73. The zero-order valence-electron chi connectivity index (χ0n) is 9.40. The summed E-state index contributed by atoms with van der Waals surface area (Å²) in [7, 11) is 0. The Labute approximate surface area is 106 Å². The summed E-state index contributed by atoms with van der Waals surface area (Å²) in [6.07, 6.45) is 2.89. The number of ether oxygens (including phenoxy) is 1. The smallest absolute Gasteiger partial charge is 0.101 e. The van der Waals surface area contributed by atoms with Crippen LogP contribution in [0.25, 0.3) is 0 Å². The van der Waals surface area contributed by atoms with E-state index in [1.54, 1.807) is 12.1 Å². The van der Waals surface area contributed by atoms with Crippen molar-refractivity contribution in [3.05, 3.63) is 28.8 Å². The number of rotatable bonds is 1. The van der Waals surface area contributed by atoms with Crippen molar-refractivity contribution >= 4 is 17.3 Å². The maximum absolute atomic E-state index is 9.14. The Morgan fingerprint density at radius 1 is 1.29 bits per heavy atom. The molecule has 0 spiro atoms. The lowest BCUT2D eigenvalue weighted by molar-refractivity contribution is 0.0305. The monoisotopic (exact) mass is 248 g/mol. The molecule has 88 valence electrons. The number of nitriles is 1. The molecule has 2 bridgehead atoms. The molecule has 17 heavy (non-hydrogen) atoms. The van der Waals surface area contributed by atoms with E-state index in [-0.39, 0.29) is 0 Å². The highest BCUT2D eigenvalue weighted by Crippen LogP contribution is 2.32. The van der Waals surface area contributed by atoms with E-state index in [4.69, 9.17) is 21.6 Å². The van der Waals surface area contributed by atoms with Crippen LogP contribution >= 0.6 is 11.6 Å². The van der Waals surface area contributed by atoms with Gasteiger partial charge in [0.15, 0.2) is 0 Å². The Hall–Kier alpha value is -1.24. The third-order valence-electron chi connectivity index (χ3n) is 3.46. The SMILES string of the molecule is N#Cc1ccc(Cl)cc1N1CC2CCC(C1)O2.